The van der Waals surface area contributed by atoms with Crippen molar-refractivity contribution >= 4 is 12.2 Å². The van der Waals surface area contributed by atoms with Crippen LogP contribution < -0.4 is 16.6 Å². The van der Waals surface area contributed by atoms with Gasteiger partial charge in [-0.2, -0.15) is 0 Å². The molecule has 2 atom stereocenters. The van der Waals surface area contributed by atoms with Gasteiger partial charge in [0, 0.05) is 0 Å². The average molecular weight is 293 g/mol. The van der Waals surface area contributed by atoms with Crippen LogP contribution in [0.3, 0.4) is 0 Å². The van der Waals surface area contributed by atoms with Gasteiger partial charge in [0.2, 0.25) is 5.91 Å². The number of aromatic hydroxyl groups is 1. The van der Waals surface area contributed by atoms with Crippen molar-refractivity contribution in [3.8, 4) is 5.75 Å². The number of aldehydes is 1. The number of hydrogen-bond donors (Lipinski definition) is 4. The summed E-state index contributed by atoms with van der Waals surface area (Å²) in [5.41, 5.74) is 3.33. The number of phenolic OH excluding ortho intramolecular Hbond substituents is 1. The minimum Gasteiger partial charge on any atom is -0.508 e. The molecular formula is C15H23N3O3. The topological polar surface area (TPSA) is 104 Å². The molecule has 0 aliphatic heterocycles. The van der Waals surface area contributed by atoms with Crippen molar-refractivity contribution in [3.05, 3.63) is 29.8 Å². The van der Waals surface area contributed by atoms with Crippen molar-refractivity contribution < 1.29 is 14.7 Å². The number of hydrazine groups is 1. The van der Waals surface area contributed by atoms with E-state index in [1.807, 2.05) is 13.8 Å². The van der Waals surface area contributed by atoms with Crippen LogP contribution in [0.5, 0.6) is 5.75 Å². The Morgan fingerprint density at radius 1 is 1.33 bits per heavy atom. The maximum Gasteiger partial charge on any atom is 0.239 e. The van der Waals surface area contributed by atoms with Crippen molar-refractivity contribution in [3.63, 3.8) is 0 Å². The summed E-state index contributed by atoms with van der Waals surface area (Å²) in [5.74, 6) is 5.56. The average Bonchev–Trinajstić information content (AvgIpc) is 2.45. The number of carbonyl (C=O) groups is 2. The summed E-state index contributed by atoms with van der Waals surface area (Å²) in [4.78, 5) is 23.2. The van der Waals surface area contributed by atoms with Gasteiger partial charge in [-0.05, 0) is 36.5 Å². The highest BCUT2D eigenvalue weighted by Crippen LogP contribution is 2.11. The summed E-state index contributed by atoms with van der Waals surface area (Å²) in [6, 6.07) is 5.37. The molecule has 6 heteroatoms. The molecule has 0 aliphatic carbocycles. The fourth-order valence-electron chi connectivity index (χ4n) is 2.02. The molecule has 1 rings (SSSR count). The van der Waals surface area contributed by atoms with Crippen LogP contribution >= 0.6 is 0 Å². The molecule has 1 aromatic carbocycles. The third kappa shape index (κ3) is 5.93. The second-order valence-electron chi connectivity index (χ2n) is 5.47. The number of hydrogen-bond acceptors (Lipinski definition) is 5. The van der Waals surface area contributed by atoms with Gasteiger partial charge in [-0.15, -0.1) is 0 Å². The van der Waals surface area contributed by atoms with Crippen LogP contribution in [0.15, 0.2) is 24.3 Å². The van der Waals surface area contributed by atoms with Gasteiger partial charge in [-0.25, -0.2) is 5.43 Å². The van der Waals surface area contributed by atoms with Gasteiger partial charge in [0.25, 0.3) is 0 Å². The molecule has 1 amide bonds. The van der Waals surface area contributed by atoms with E-state index in [2.05, 4.69) is 10.7 Å². The molecule has 0 saturated carbocycles. The molecule has 116 valence electrons. The molecule has 6 nitrogen and oxygen atoms in total. The van der Waals surface area contributed by atoms with Crippen LogP contribution in [0.2, 0.25) is 0 Å². The van der Waals surface area contributed by atoms with Gasteiger partial charge < -0.3 is 15.2 Å². The van der Waals surface area contributed by atoms with E-state index in [4.69, 9.17) is 5.84 Å². The first-order chi connectivity index (χ1) is 9.96. The van der Waals surface area contributed by atoms with Crippen LogP contribution in [0.4, 0.5) is 0 Å². The second-order valence-corrected chi connectivity index (χ2v) is 5.47. The standard InChI is InChI=1S/C15H23N3O3/c1-10(2)7-14(18-16)15(21)17-12(9-19)8-11-3-5-13(20)6-4-11/h3-6,9-10,12,14,18,20H,7-8,16H2,1-2H3,(H,17,21)/t12-,14-/m0/s1. The molecule has 0 aromatic heterocycles. The van der Waals surface area contributed by atoms with Crippen molar-refractivity contribution in [1.82, 2.24) is 10.7 Å². The molecular weight excluding hydrogens is 270 g/mol. The number of rotatable bonds is 8. The number of benzene rings is 1. The van der Waals surface area contributed by atoms with Crippen LogP contribution in [0.25, 0.3) is 0 Å². The number of amides is 1. The first-order valence-electron chi connectivity index (χ1n) is 6.96. The largest absolute Gasteiger partial charge is 0.508 e. The van der Waals surface area contributed by atoms with E-state index >= 15 is 0 Å². The van der Waals surface area contributed by atoms with Crippen LogP contribution in [-0.2, 0) is 16.0 Å². The van der Waals surface area contributed by atoms with Gasteiger partial charge in [-0.1, -0.05) is 26.0 Å². The van der Waals surface area contributed by atoms with Crippen molar-refractivity contribution in [2.75, 3.05) is 0 Å². The molecule has 1 aromatic rings. The molecule has 0 unspecified atom stereocenters. The summed E-state index contributed by atoms with van der Waals surface area (Å²) >= 11 is 0. The Morgan fingerprint density at radius 3 is 2.43 bits per heavy atom. The Morgan fingerprint density at radius 2 is 1.95 bits per heavy atom. The van der Waals surface area contributed by atoms with E-state index < -0.39 is 12.1 Å². The molecule has 0 fully saturated rings. The number of carbonyl (C=O) groups excluding carboxylic acids is 2. The third-order valence-corrected chi connectivity index (χ3v) is 3.11. The SMILES string of the molecule is CC(C)C[C@H](NN)C(=O)N[C@H](C=O)Cc1ccc(O)cc1. The lowest BCUT2D eigenvalue weighted by molar-refractivity contribution is -0.126. The lowest BCUT2D eigenvalue weighted by Crippen LogP contribution is -2.51. The highest BCUT2D eigenvalue weighted by molar-refractivity contribution is 5.84. The van der Waals surface area contributed by atoms with Crippen molar-refractivity contribution in [2.45, 2.75) is 38.8 Å². The summed E-state index contributed by atoms with van der Waals surface area (Å²) in [5, 5.41) is 11.9. The van der Waals surface area contributed by atoms with Gasteiger partial charge in [0.05, 0.1) is 12.1 Å². The monoisotopic (exact) mass is 293 g/mol. The van der Waals surface area contributed by atoms with Crippen LogP contribution in [0.1, 0.15) is 25.8 Å². The minimum atomic E-state index is -0.620. The number of phenols is 1. The predicted molar refractivity (Wildman–Crippen MR) is 80.4 cm³/mol. The summed E-state index contributed by atoms with van der Waals surface area (Å²) in [7, 11) is 0. The minimum absolute atomic E-state index is 0.162. The molecule has 21 heavy (non-hydrogen) atoms. The quantitative estimate of drug-likeness (QED) is 0.317. The normalized spacial score (nSPS) is 13.7. The Kier molecular flexibility index (Phi) is 6.84. The number of nitrogens with two attached hydrogens (primary N) is 1. The maximum atomic E-state index is 12.1. The first-order valence-corrected chi connectivity index (χ1v) is 6.96. The maximum absolute atomic E-state index is 12.1. The van der Waals surface area contributed by atoms with E-state index in [0.717, 1.165) is 5.56 Å². The molecule has 0 saturated heterocycles. The zero-order chi connectivity index (χ0) is 15.8. The van der Waals surface area contributed by atoms with Gasteiger partial charge in [-0.3, -0.25) is 10.6 Å². The molecule has 0 aliphatic rings. The number of nitrogens with one attached hydrogen (secondary N) is 2. The van der Waals surface area contributed by atoms with Crippen LogP contribution in [0, 0.1) is 5.92 Å². The highest BCUT2D eigenvalue weighted by atomic mass is 16.3. The molecule has 5 N–H and O–H groups in total. The fourth-order valence-corrected chi connectivity index (χ4v) is 2.02. The zero-order valence-corrected chi connectivity index (χ0v) is 12.4. The first kappa shape index (κ1) is 17.1. The Balaban J connectivity index is 2.62. The predicted octanol–water partition coefficient (Wildman–Crippen LogP) is 0.496. The van der Waals surface area contributed by atoms with E-state index in [1.54, 1.807) is 24.3 Å². The third-order valence-electron chi connectivity index (χ3n) is 3.11. The van der Waals surface area contributed by atoms with Gasteiger partial charge >= 0.3 is 0 Å². The Bertz CT molecular complexity index is 460. The van der Waals surface area contributed by atoms with Crippen molar-refractivity contribution in [2.24, 2.45) is 11.8 Å². The van der Waals surface area contributed by atoms with Gasteiger partial charge in [0.15, 0.2) is 0 Å². The van der Waals surface area contributed by atoms with E-state index in [-0.39, 0.29) is 11.7 Å². The molecule has 0 heterocycles. The van der Waals surface area contributed by atoms with Gasteiger partial charge in [0.1, 0.15) is 12.0 Å². The second kappa shape index (κ2) is 8.39. The summed E-state index contributed by atoms with van der Waals surface area (Å²) < 4.78 is 0. The van der Waals surface area contributed by atoms with E-state index in [0.29, 0.717) is 25.0 Å². The Hall–Kier alpha value is -1.92. The lowest BCUT2D eigenvalue weighted by Gasteiger charge is -2.20. The summed E-state index contributed by atoms with van der Waals surface area (Å²) in [6.07, 6.45) is 1.66. The summed E-state index contributed by atoms with van der Waals surface area (Å²) in [6.45, 7) is 3.98. The fraction of sp³-hybridized carbons (Fsp3) is 0.467. The Labute approximate surface area is 124 Å². The molecule has 0 bridgehead atoms. The van der Waals surface area contributed by atoms with Crippen LogP contribution in [-0.4, -0.2) is 29.4 Å². The molecule has 0 radical (unpaired) electrons. The highest BCUT2D eigenvalue weighted by Gasteiger charge is 2.21. The van der Waals surface area contributed by atoms with E-state index in [9.17, 15) is 14.7 Å². The lowest BCUT2D eigenvalue weighted by atomic mass is 10.0. The zero-order valence-electron chi connectivity index (χ0n) is 12.4. The molecule has 0 spiro atoms. The van der Waals surface area contributed by atoms with Crippen molar-refractivity contribution in [1.29, 1.82) is 0 Å². The van der Waals surface area contributed by atoms with E-state index in [1.165, 1.54) is 0 Å². The smallest absolute Gasteiger partial charge is 0.239 e.